The first-order valence-corrected chi connectivity index (χ1v) is 10.1. The van der Waals surface area contributed by atoms with E-state index in [4.69, 9.17) is 9.47 Å². The molecule has 160 valence electrons. The summed E-state index contributed by atoms with van der Waals surface area (Å²) in [6.07, 6.45) is 3.38. The van der Waals surface area contributed by atoms with Crippen molar-refractivity contribution in [3.63, 3.8) is 0 Å². The number of carbonyl (C=O) groups is 1. The SMILES string of the molecule is COc1cccc(Oc2ncc(-c3ccc(C(=O)Nc4cc(C)cc(C)c4)cc3)cn2)c1. The van der Waals surface area contributed by atoms with Crippen molar-refractivity contribution in [2.75, 3.05) is 12.4 Å². The largest absolute Gasteiger partial charge is 0.497 e. The number of hydrogen-bond acceptors (Lipinski definition) is 5. The maximum Gasteiger partial charge on any atom is 0.321 e. The van der Waals surface area contributed by atoms with Crippen molar-refractivity contribution >= 4 is 11.6 Å². The molecule has 0 aliphatic carbocycles. The highest BCUT2D eigenvalue weighted by Gasteiger charge is 2.09. The van der Waals surface area contributed by atoms with Crippen molar-refractivity contribution in [2.24, 2.45) is 0 Å². The number of hydrogen-bond donors (Lipinski definition) is 1. The van der Waals surface area contributed by atoms with E-state index in [1.165, 1.54) is 0 Å². The normalized spacial score (nSPS) is 10.5. The first-order valence-electron chi connectivity index (χ1n) is 10.1. The predicted molar refractivity (Wildman–Crippen MR) is 124 cm³/mol. The maximum atomic E-state index is 12.6. The fourth-order valence-corrected chi connectivity index (χ4v) is 3.35. The van der Waals surface area contributed by atoms with E-state index in [1.807, 2.05) is 56.3 Å². The van der Waals surface area contributed by atoms with Crippen LogP contribution in [0.15, 0.2) is 79.1 Å². The second-order valence-electron chi connectivity index (χ2n) is 7.44. The van der Waals surface area contributed by atoms with E-state index in [2.05, 4.69) is 21.4 Å². The van der Waals surface area contributed by atoms with Crippen molar-refractivity contribution in [3.05, 3.63) is 95.8 Å². The molecule has 6 heteroatoms. The molecule has 1 amide bonds. The van der Waals surface area contributed by atoms with E-state index < -0.39 is 0 Å². The lowest BCUT2D eigenvalue weighted by molar-refractivity contribution is 0.102. The molecule has 3 aromatic carbocycles. The van der Waals surface area contributed by atoms with Crippen LogP contribution >= 0.6 is 0 Å². The summed E-state index contributed by atoms with van der Waals surface area (Å²) in [4.78, 5) is 21.2. The van der Waals surface area contributed by atoms with E-state index in [0.717, 1.165) is 27.9 Å². The third kappa shape index (κ3) is 5.10. The minimum atomic E-state index is -0.153. The van der Waals surface area contributed by atoms with Crippen LogP contribution in [-0.2, 0) is 0 Å². The predicted octanol–water partition coefficient (Wildman–Crippen LogP) is 5.81. The minimum absolute atomic E-state index is 0.153. The molecular formula is C26H23N3O3. The molecule has 1 N–H and O–H groups in total. The Kier molecular flexibility index (Phi) is 6.12. The molecule has 0 atom stereocenters. The Balaban J connectivity index is 1.43. The van der Waals surface area contributed by atoms with Crippen molar-refractivity contribution in [3.8, 4) is 28.6 Å². The lowest BCUT2D eigenvalue weighted by Gasteiger charge is -2.09. The second-order valence-corrected chi connectivity index (χ2v) is 7.44. The molecule has 4 aromatic rings. The van der Waals surface area contributed by atoms with Crippen molar-refractivity contribution in [1.82, 2.24) is 9.97 Å². The van der Waals surface area contributed by atoms with E-state index in [0.29, 0.717) is 17.1 Å². The summed E-state index contributed by atoms with van der Waals surface area (Å²) >= 11 is 0. The molecule has 0 spiro atoms. The van der Waals surface area contributed by atoms with Gasteiger partial charge in [-0.15, -0.1) is 0 Å². The first-order chi connectivity index (χ1) is 15.5. The van der Waals surface area contributed by atoms with Crippen molar-refractivity contribution < 1.29 is 14.3 Å². The van der Waals surface area contributed by atoms with Gasteiger partial charge < -0.3 is 14.8 Å². The van der Waals surface area contributed by atoms with Crippen LogP contribution in [0.4, 0.5) is 5.69 Å². The van der Waals surface area contributed by atoms with Gasteiger partial charge in [-0.25, -0.2) is 9.97 Å². The summed E-state index contributed by atoms with van der Waals surface area (Å²) in [5.74, 6) is 1.14. The highest BCUT2D eigenvalue weighted by molar-refractivity contribution is 6.04. The van der Waals surface area contributed by atoms with Crippen LogP contribution in [0.3, 0.4) is 0 Å². The molecule has 0 fully saturated rings. The highest BCUT2D eigenvalue weighted by Crippen LogP contribution is 2.25. The Morgan fingerprint density at radius 3 is 2.12 bits per heavy atom. The fraction of sp³-hybridized carbons (Fsp3) is 0.115. The van der Waals surface area contributed by atoms with Gasteiger partial charge in [0.15, 0.2) is 0 Å². The number of aryl methyl sites for hydroxylation is 2. The number of methoxy groups -OCH3 is 1. The molecular weight excluding hydrogens is 402 g/mol. The Morgan fingerprint density at radius 1 is 0.812 bits per heavy atom. The molecule has 1 heterocycles. The van der Waals surface area contributed by atoms with E-state index in [1.54, 1.807) is 37.7 Å². The molecule has 0 aliphatic heterocycles. The summed E-state index contributed by atoms with van der Waals surface area (Å²) in [7, 11) is 1.60. The van der Waals surface area contributed by atoms with Crippen LogP contribution in [0.2, 0.25) is 0 Å². The van der Waals surface area contributed by atoms with Crippen LogP contribution in [0.5, 0.6) is 17.5 Å². The zero-order chi connectivity index (χ0) is 22.5. The van der Waals surface area contributed by atoms with Gasteiger partial charge in [0.2, 0.25) is 0 Å². The van der Waals surface area contributed by atoms with Gasteiger partial charge in [0.25, 0.3) is 5.91 Å². The Morgan fingerprint density at radius 2 is 1.47 bits per heavy atom. The van der Waals surface area contributed by atoms with Gasteiger partial charge in [-0.05, 0) is 66.9 Å². The molecule has 0 bridgehead atoms. The molecule has 0 unspecified atom stereocenters. The number of benzene rings is 3. The fourth-order valence-electron chi connectivity index (χ4n) is 3.35. The van der Waals surface area contributed by atoms with E-state index >= 15 is 0 Å². The summed E-state index contributed by atoms with van der Waals surface area (Å²) in [6.45, 7) is 4.01. The smallest absolute Gasteiger partial charge is 0.321 e. The number of nitrogens with zero attached hydrogens (tertiary/aromatic N) is 2. The molecule has 0 saturated carbocycles. The van der Waals surface area contributed by atoms with Crippen LogP contribution in [0, 0.1) is 13.8 Å². The van der Waals surface area contributed by atoms with Crippen LogP contribution in [0.25, 0.3) is 11.1 Å². The number of ether oxygens (including phenoxy) is 2. The van der Waals surface area contributed by atoms with E-state index in [9.17, 15) is 4.79 Å². The van der Waals surface area contributed by atoms with Gasteiger partial charge in [0.1, 0.15) is 11.5 Å². The van der Waals surface area contributed by atoms with Gasteiger partial charge in [0, 0.05) is 35.3 Å². The number of nitrogens with one attached hydrogen (secondary N) is 1. The average Bonchev–Trinajstić information content (AvgIpc) is 2.79. The molecule has 0 aliphatic rings. The Labute approximate surface area is 186 Å². The zero-order valence-corrected chi connectivity index (χ0v) is 18.1. The van der Waals surface area contributed by atoms with Crippen LogP contribution < -0.4 is 14.8 Å². The average molecular weight is 425 g/mol. The number of anilines is 1. The maximum absolute atomic E-state index is 12.6. The molecule has 4 rings (SSSR count). The topological polar surface area (TPSA) is 73.3 Å². The third-order valence-electron chi connectivity index (χ3n) is 4.84. The third-order valence-corrected chi connectivity index (χ3v) is 4.84. The zero-order valence-electron chi connectivity index (χ0n) is 18.1. The number of rotatable bonds is 6. The van der Waals surface area contributed by atoms with Gasteiger partial charge >= 0.3 is 6.01 Å². The molecule has 6 nitrogen and oxygen atoms in total. The minimum Gasteiger partial charge on any atom is -0.497 e. The Bertz CT molecular complexity index is 1220. The number of amides is 1. The van der Waals surface area contributed by atoms with Crippen molar-refractivity contribution in [2.45, 2.75) is 13.8 Å². The molecule has 1 aromatic heterocycles. The lowest BCUT2D eigenvalue weighted by Crippen LogP contribution is -2.12. The highest BCUT2D eigenvalue weighted by atomic mass is 16.5. The van der Waals surface area contributed by atoms with Crippen LogP contribution in [0.1, 0.15) is 21.5 Å². The van der Waals surface area contributed by atoms with E-state index in [-0.39, 0.29) is 11.9 Å². The van der Waals surface area contributed by atoms with Crippen LogP contribution in [-0.4, -0.2) is 23.0 Å². The monoisotopic (exact) mass is 425 g/mol. The molecule has 0 saturated heterocycles. The molecule has 0 radical (unpaired) electrons. The van der Waals surface area contributed by atoms with Gasteiger partial charge in [-0.1, -0.05) is 24.3 Å². The molecule has 32 heavy (non-hydrogen) atoms. The standard InChI is InChI=1S/C26H23N3O3/c1-17-11-18(2)13-22(12-17)29-25(30)20-9-7-19(8-10-20)21-15-27-26(28-16-21)32-24-6-4-5-23(14-24)31-3/h4-16H,1-3H3,(H,29,30). The van der Waals surface area contributed by atoms with Gasteiger partial charge in [0.05, 0.1) is 7.11 Å². The summed E-state index contributed by atoms with van der Waals surface area (Å²) in [5.41, 5.74) is 5.30. The summed E-state index contributed by atoms with van der Waals surface area (Å²) in [5, 5.41) is 2.95. The summed E-state index contributed by atoms with van der Waals surface area (Å²) < 4.78 is 10.9. The number of carbonyl (C=O) groups excluding carboxylic acids is 1. The Hall–Kier alpha value is -4.19. The quantitative estimate of drug-likeness (QED) is 0.422. The first kappa shape index (κ1) is 21.1. The lowest BCUT2D eigenvalue weighted by atomic mass is 10.1. The van der Waals surface area contributed by atoms with Gasteiger partial charge in [-0.3, -0.25) is 4.79 Å². The second kappa shape index (κ2) is 9.31. The van der Waals surface area contributed by atoms with Crippen molar-refractivity contribution in [1.29, 1.82) is 0 Å². The number of aromatic nitrogens is 2. The summed E-state index contributed by atoms with van der Waals surface area (Å²) in [6, 6.07) is 20.8. The van der Waals surface area contributed by atoms with Gasteiger partial charge in [-0.2, -0.15) is 0 Å².